The number of hydrogen-bond acceptors (Lipinski definition) is 9. The summed E-state index contributed by atoms with van der Waals surface area (Å²) in [6.45, 7) is 9.24. The molecule has 0 spiro atoms. The molecular formula is C25H36N2O7S. The van der Waals surface area contributed by atoms with Crippen LogP contribution in [0.25, 0.3) is 0 Å². The number of carbonyl (C=O) groups excluding carboxylic acids is 3. The van der Waals surface area contributed by atoms with Crippen LogP contribution in [0.3, 0.4) is 0 Å². The van der Waals surface area contributed by atoms with Crippen molar-refractivity contribution in [1.29, 1.82) is 0 Å². The van der Waals surface area contributed by atoms with E-state index < -0.39 is 28.0 Å². The molecule has 0 radical (unpaired) electrons. The Balaban J connectivity index is 2.02. The summed E-state index contributed by atoms with van der Waals surface area (Å²) in [5, 5.41) is 2.16. The van der Waals surface area contributed by atoms with Gasteiger partial charge in [-0.2, -0.15) is 0 Å². The second kappa shape index (κ2) is 14.8. The number of thioether (sulfide) groups is 1. The smallest absolute Gasteiger partial charge is 0.368 e. The van der Waals surface area contributed by atoms with Crippen LogP contribution in [-0.2, 0) is 23.7 Å². The van der Waals surface area contributed by atoms with E-state index in [4.69, 9.17) is 18.9 Å². The van der Waals surface area contributed by atoms with E-state index in [1.165, 1.54) is 7.11 Å². The Bertz CT molecular complexity index is 855. The summed E-state index contributed by atoms with van der Waals surface area (Å²) in [5.74, 6) is -0.531. The van der Waals surface area contributed by atoms with Crippen molar-refractivity contribution >= 4 is 28.9 Å². The number of allylic oxidation sites excluding steroid dienone is 1. The van der Waals surface area contributed by atoms with Crippen molar-refractivity contribution in [3.8, 4) is 0 Å². The van der Waals surface area contributed by atoms with Gasteiger partial charge >= 0.3 is 11.3 Å². The number of nitrogens with one attached hydrogen (secondary N) is 1. The molecule has 35 heavy (non-hydrogen) atoms. The van der Waals surface area contributed by atoms with Crippen LogP contribution in [0.2, 0.25) is 0 Å². The van der Waals surface area contributed by atoms with Gasteiger partial charge in [-0.25, -0.2) is 9.59 Å². The summed E-state index contributed by atoms with van der Waals surface area (Å²) >= 11 is 0.819. The molecule has 10 heteroatoms. The zero-order valence-electron chi connectivity index (χ0n) is 20.9. The summed E-state index contributed by atoms with van der Waals surface area (Å²) < 4.78 is 20.2. The lowest BCUT2D eigenvalue weighted by molar-refractivity contribution is -0.146. The summed E-state index contributed by atoms with van der Waals surface area (Å²) in [6.07, 6.45) is 2.35. The standard InChI is InChI=1S/C25H36N2O7S/c1-5-20(31-4)18-34-24(30)35-25(2,3)21(26-22(28)19-10-7-6-8-11-19)23(29)33-15-9-12-27-13-16-32-17-14-27/h5-8,10-11,21H,9,12-18H2,1-4H3,(H,26,28)/b20-5-. The van der Waals surface area contributed by atoms with E-state index in [9.17, 15) is 14.4 Å². The lowest BCUT2D eigenvalue weighted by atomic mass is 10.0. The number of hydrogen-bond donors (Lipinski definition) is 1. The minimum absolute atomic E-state index is 0.0259. The van der Waals surface area contributed by atoms with Gasteiger partial charge in [-0.1, -0.05) is 18.2 Å². The monoisotopic (exact) mass is 508 g/mol. The molecule has 1 aliphatic heterocycles. The Kier molecular flexibility index (Phi) is 12.1. The van der Waals surface area contributed by atoms with Gasteiger partial charge in [0.2, 0.25) is 0 Å². The molecule has 0 bridgehead atoms. The molecule has 1 fully saturated rings. The predicted molar refractivity (Wildman–Crippen MR) is 134 cm³/mol. The largest absolute Gasteiger partial charge is 0.498 e. The molecule has 1 atom stereocenters. The van der Waals surface area contributed by atoms with E-state index >= 15 is 0 Å². The lowest BCUT2D eigenvalue weighted by Crippen LogP contribution is -2.53. The van der Waals surface area contributed by atoms with Crippen molar-refractivity contribution in [2.24, 2.45) is 0 Å². The molecule has 1 aromatic carbocycles. The van der Waals surface area contributed by atoms with Gasteiger partial charge in [-0.3, -0.25) is 9.69 Å². The van der Waals surface area contributed by atoms with Crippen LogP contribution in [0.1, 0.15) is 37.6 Å². The molecule has 0 aliphatic carbocycles. The van der Waals surface area contributed by atoms with Crippen molar-refractivity contribution in [1.82, 2.24) is 10.2 Å². The summed E-state index contributed by atoms with van der Waals surface area (Å²) in [7, 11) is 1.49. The van der Waals surface area contributed by atoms with E-state index in [1.54, 1.807) is 57.2 Å². The first-order valence-corrected chi connectivity index (χ1v) is 12.5. The number of methoxy groups -OCH3 is 1. The van der Waals surface area contributed by atoms with Gasteiger partial charge in [0, 0.05) is 25.2 Å². The van der Waals surface area contributed by atoms with Gasteiger partial charge in [0.25, 0.3) is 5.91 Å². The number of amides is 1. The molecule has 9 nitrogen and oxygen atoms in total. The number of morpholine rings is 1. The minimum Gasteiger partial charge on any atom is -0.498 e. The molecule has 2 rings (SSSR count). The zero-order chi connectivity index (χ0) is 25.7. The topological polar surface area (TPSA) is 103 Å². The molecule has 1 N–H and O–H groups in total. The van der Waals surface area contributed by atoms with Crippen molar-refractivity contribution < 1.29 is 33.3 Å². The Morgan fingerprint density at radius 3 is 2.49 bits per heavy atom. The first kappa shape index (κ1) is 28.7. The highest BCUT2D eigenvalue weighted by molar-refractivity contribution is 8.14. The first-order valence-electron chi connectivity index (χ1n) is 11.6. The molecule has 1 saturated heterocycles. The quantitative estimate of drug-likeness (QED) is 0.259. The van der Waals surface area contributed by atoms with Crippen LogP contribution in [0.15, 0.2) is 42.2 Å². The third kappa shape index (κ3) is 9.91. The molecule has 0 saturated carbocycles. The van der Waals surface area contributed by atoms with E-state index in [0.29, 0.717) is 31.0 Å². The highest BCUT2D eigenvalue weighted by Gasteiger charge is 2.41. The maximum Gasteiger partial charge on any atom is 0.368 e. The maximum absolute atomic E-state index is 13.1. The van der Waals surface area contributed by atoms with Gasteiger partial charge in [0.15, 0.2) is 0 Å². The highest BCUT2D eigenvalue weighted by atomic mass is 32.2. The Hall–Kier alpha value is -2.56. The molecule has 1 amide bonds. The van der Waals surface area contributed by atoms with Crippen LogP contribution < -0.4 is 5.32 Å². The third-order valence-electron chi connectivity index (χ3n) is 5.47. The molecule has 194 valence electrons. The molecule has 1 aliphatic rings. The molecule has 0 aromatic heterocycles. The summed E-state index contributed by atoms with van der Waals surface area (Å²) in [4.78, 5) is 40.7. The second-order valence-electron chi connectivity index (χ2n) is 8.45. The SMILES string of the molecule is C/C=C(/COC(=O)SC(C)(C)C(NC(=O)c1ccccc1)C(=O)OCCCN1CCOCC1)OC. The van der Waals surface area contributed by atoms with Gasteiger partial charge in [-0.05, 0) is 57.2 Å². The Morgan fingerprint density at radius 2 is 1.86 bits per heavy atom. The number of carbonyl (C=O) groups is 3. The molecular weight excluding hydrogens is 472 g/mol. The fourth-order valence-electron chi connectivity index (χ4n) is 3.38. The van der Waals surface area contributed by atoms with Gasteiger partial charge in [-0.15, -0.1) is 0 Å². The fourth-order valence-corrected chi connectivity index (χ4v) is 4.20. The number of esters is 1. The summed E-state index contributed by atoms with van der Waals surface area (Å²) in [6, 6.07) is 7.49. The van der Waals surface area contributed by atoms with Crippen molar-refractivity contribution in [3.63, 3.8) is 0 Å². The average molecular weight is 509 g/mol. The Labute approximate surface area is 211 Å². The second-order valence-corrected chi connectivity index (χ2v) is 10.0. The average Bonchev–Trinajstić information content (AvgIpc) is 2.86. The van der Waals surface area contributed by atoms with Crippen molar-refractivity contribution in [3.05, 3.63) is 47.7 Å². The Morgan fingerprint density at radius 1 is 1.17 bits per heavy atom. The van der Waals surface area contributed by atoms with Crippen LogP contribution in [0, 0.1) is 0 Å². The molecule has 1 aromatic rings. The zero-order valence-corrected chi connectivity index (χ0v) is 21.7. The lowest BCUT2D eigenvalue weighted by Gasteiger charge is -2.32. The number of nitrogens with zero attached hydrogens (tertiary/aromatic N) is 1. The van der Waals surface area contributed by atoms with Gasteiger partial charge in [0.1, 0.15) is 18.4 Å². The van der Waals surface area contributed by atoms with Gasteiger partial charge < -0.3 is 24.3 Å². The fraction of sp³-hybridized carbons (Fsp3) is 0.560. The van der Waals surface area contributed by atoms with Crippen LogP contribution >= 0.6 is 11.8 Å². The number of rotatable bonds is 12. The number of benzene rings is 1. The first-order chi connectivity index (χ1) is 16.8. The summed E-state index contributed by atoms with van der Waals surface area (Å²) in [5.41, 5.74) is 0.402. The third-order valence-corrected chi connectivity index (χ3v) is 6.52. The normalized spacial score (nSPS) is 15.7. The highest BCUT2D eigenvalue weighted by Crippen LogP contribution is 2.31. The van der Waals surface area contributed by atoms with E-state index in [2.05, 4.69) is 10.2 Å². The van der Waals surface area contributed by atoms with Crippen LogP contribution in [0.4, 0.5) is 4.79 Å². The minimum atomic E-state index is -1.08. The van der Waals surface area contributed by atoms with E-state index in [-0.39, 0.29) is 13.2 Å². The van der Waals surface area contributed by atoms with Crippen LogP contribution in [-0.4, -0.2) is 86.0 Å². The predicted octanol–water partition coefficient (Wildman–Crippen LogP) is 3.25. The van der Waals surface area contributed by atoms with Gasteiger partial charge in [0.05, 0.1) is 31.7 Å². The van der Waals surface area contributed by atoms with Crippen LogP contribution in [0.5, 0.6) is 0 Å². The van der Waals surface area contributed by atoms with E-state index in [0.717, 1.165) is 31.4 Å². The van der Waals surface area contributed by atoms with Crippen molar-refractivity contribution in [2.75, 3.05) is 53.2 Å². The maximum atomic E-state index is 13.1. The number of ether oxygens (including phenoxy) is 4. The molecule has 1 unspecified atom stereocenters. The van der Waals surface area contributed by atoms with E-state index in [1.807, 2.05) is 0 Å². The molecule has 1 heterocycles. The van der Waals surface area contributed by atoms with Crippen molar-refractivity contribution in [2.45, 2.75) is 38.0 Å².